The van der Waals surface area contributed by atoms with Crippen molar-refractivity contribution in [2.45, 2.75) is 37.8 Å². The smallest absolute Gasteiger partial charge is 0.322 e. The van der Waals surface area contributed by atoms with Crippen LogP contribution in [0.4, 0.5) is 6.01 Å². The number of nitrogens with one attached hydrogen (secondary N) is 1. The van der Waals surface area contributed by atoms with E-state index >= 15 is 0 Å². The third-order valence-corrected chi connectivity index (χ3v) is 4.03. The fraction of sp³-hybridized carbons (Fsp3) is 0.467. The third kappa shape index (κ3) is 3.54. The van der Waals surface area contributed by atoms with E-state index in [0.717, 1.165) is 31.2 Å². The van der Waals surface area contributed by atoms with Crippen molar-refractivity contribution in [3.8, 4) is 11.4 Å². The molecule has 6 heteroatoms. The largest absolute Gasteiger partial charge is 0.381 e. The highest BCUT2D eigenvalue weighted by Crippen LogP contribution is 2.25. The van der Waals surface area contributed by atoms with Gasteiger partial charge in [0, 0.05) is 23.7 Å². The number of rotatable bonds is 4. The van der Waals surface area contributed by atoms with Crippen LogP contribution in [0.15, 0.2) is 28.8 Å². The fourth-order valence-corrected chi connectivity index (χ4v) is 2.88. The number of ether oxygens (including phenoxy) is 1. The number of methoxy groups -OCH3 is 1. The molecular weight excluding hydrogens is 290 g/mol. The third-order valence-electron chi connectivity index (χ3n) is 3.80. The molecule has 0 saturated heterocycles. The van der Waals surface area contributed by atoms with Gasteiger partial charge in [-0.15, -0.1) is 0 Å². The summed E-state index contributed by atoms with van der Waals surface area (Å²) in [5, 5.41) is 7.95. The first kappa shape index (κ1) is 14.4. The van der Waals surface area contributed by atoms with Crippen molar-refractivity contribution in [2.75, 3.05) is 12.4 Å². The zero-order valence-electron chi connectivity index (χ0n) is 11.9. The minimum atomic E-state index is 0.312. The highest BCUT2D eigenvalue weighted by Gasteiger charge is 2.23. The van der Waals surface area contributed by atoms with Crippen molar-refractivity contribution in [3.05, 3.63) is 29.3 Å². The zero-order chi connectivity index (χ0) is 14.7. The predicted molar refractivity (Wildman–Crippen MR) is 81.4 cm³/mol. The molecule has 1 heterocycles. The van der Waals surface area contributed by atoms with Gasteiger partial charge < -0.3 is 14.6 Å². The Labute approximate surface area is 128 Å². The number of aromatic nitrogens is 2. The molecule has 0 bridgehead atoms. The minimum Gasteiger partial charge on any atom is -0.381 e. The lowest BCUT2D eigenvalue weighted by Crippen LogP contribution is -2.31. The van der Waals surface area contributed by atoms with Crippen LogP contribution in [0.2, 0.25) is 5.02 Å². The molecule has 2 unspecified atom stereocenters. The molecule has 0 amide bonds. The average Bonchev–Trinajstić information content (AvgIpc) is 2.96. The maximum atomic E-state index is 5.97. The molecule has 1 aliphatic rings. The van der Waals surface area contributed by atoms with Gasteiger partial charge in [-0.05, 0) is 37.8 Å². The van der Waals surface area contributed by atoms with Crippen molar-refractivity contribution in [1.29, 1.82) is 0 Å². The fourth-order valence-electron chi connectivity index (χ4n) is 2.69. The van der Waals surface area contributed by atoms with Gasteiger partial charge in [0.2, 0.25) is 5.82 Å². The Morgan fingerprint density at radius 1 is 1.38 bits per heavy atom. The number of anilines is 1. The number of hydrogen-bond donors (Lipinski definition) is 1. The van der Waals surface area contributed by atoms with Gasteiger partial charge in [0.05, 0.1) is 6.10 Å². The van der Waals surface area contributed by atoms with E-state index < -0.39 is 0 Å². The summed E-state index contributed by atoms with van der Waals surface area (Å²) in [5.41, 5.74) is 0.845. The van der Waals surface area contributed by atoms with Crippen LogP contribution in [-0.4, -0.2) is 29.4 Å². The van der Waals surface area contributed by atoms with E-state index in [1.165, 1.54) is 0 Å². The normalized spacial score (nSPS) is 22.2. The summed E-state index contributed by atoms with van der Waals surface area (Å²) in [6, 6.07) is 8.17. The van der Waals surface area contributed by atoms with Gasteiger partial charge in [-0.1, -0.05) is 28.9 Å². The lowest BCUT2D eigenvalue weighted by Gasteiger charge is -2.27. The lowest BCUT2D eigenvalue weighted by atomic mass is 9.93. The van der Waals surface area contributed by atoms with Gasteiger partial charge >= 0.3 is 6.01 Å². The van der Waals surface area contributed by atoms with Crippen LogP contribution in [-0.2, 0) is 4.74 Å². The van der Waals surface area contributed by atoms with E-state index in [1.807, 2.05) is 24.3 Å². The molecule has 2 aromatic rings. The molecule has 1 fully saturated rings. The summed E-state index contributed by atoms with van der Waals surface area (Å²) in [6.07, 6.45) is 4.63. The van der Waals surface area contributed by atoms with Gasteiger partial charge in [0.1, 0.15) is 0 Å². The molecule has 3 rings (SSSR count). The van der Waals surface area contributed by atoms with Gasteiger partial charge in [-0.3, -0.25) is 0 Å². The van der Waals surface area contributed by atoms with E-state index in [9.17, 15) is 0 Å². The summed E-state index contributed by atoms with van der Waals surface area (Å²) in [5.74, 6) is 0.541. The SMILES string of the molecule is COC1CCCC(Nc2nc(-c3cccc(Cl)c3)no2)C1. The predicted octanol–water partition coefficient (Wildman–Crippen LogP) is 3.76. The molecule has 112 valence electrons. The van der Waals surface area contributed by atoms with Crippen LogP contribution < -0.4 is 5.32 Å². The molecule has 1 saturated carbocycles. The average molecular weight is 308 g/mol. The molecule has 1 aromatic carbocycles. The number of halogens is 1. The summed E-state index contributed by atoms with van der Waals surface area (Å²) in [7, 11) is 1.76. The monoisotopic (exact) mass is 307 g/mol. The van der Waals surface area contributed by atoms with E-state index in [-0.39, 0.29) is 0 Å². The van der Waals surface area contributed by atoms with Crippen molar-refractivity contribution >= 4 is 17.6 Å². The van der Waals surface area contributed by atoms with Crippen LogP contribution in [0.3, 0.4) is 0 Å². The highest BCUT2D eigenvalue weighted by atomic mass is 35.5. The molecular formula is C15H18ClN3O2. The second kappa shape index (κ2) is 6.45. The van der Waals surface area contributed by atoms with Gasteiger partial charge in [0.25, 0.3) is 0 Å². The lowest BCUT2D eigenvalue weighted by molar-refractivity contribution is 0.0666. The molecule has 1 aliphatic carbocycles. The van der Waals surface area contributed by atoms with Gasteiger partial charge in [-0.2, -0.15) is 4.98 Å². The van der Waals surface area contributed by atoms with E-state index in [2.05, 4.69) is 15.5 Å². The molecule has 0 radical (unpaired) electrons. The van der Waals surface area contributed by atoms with E-state index in [1.54, 1.807) is 7.11 Å². The summed E-state index contributed by atoms with van der Waals surface area (Å²) < 4.78 is 10.7. The topological polar surface area (TPSA) is 60.2 Å². The standard InChI is InChI=1S/C15H18ClN3O2/c1-20-13-7-3-6-12(9-13)17-15-18-14(19-21-15)10-4-2-5-11(16)8-10/h2,4-5,8,12-13H,3,6-7,9H2,1H3,(H,17,18,19). The Morgan fingerprint density at radius 3 is 3.10 bits per heavy atom. The Bertz CT molecular complexity index is 602. The first-order valence-electron chi connectivity index (χ1n) is 7.13. The number of hydrogen-bond acceptors (Lipinski definition) is 5. The van der Waals surface area contributed by atoms with E-state index in [4.69, 9.17) is 20.9 Å². The minimum absolute atomic E-state index is 0.312. The number of benzene rings is 1. The quantitative estimate of drug-likeness (QED) is 0.932. The van der Waals surface area contributed by atoms with Crippen molar-refractivity contribution in [1.82, 2.24) is 10.1 Å². The van der Waals surface area contributed by atoms with Crippen molar-refractivity contribution < 1.29 is 9.26 Å². The van der Waals surface area contributed by atoms with Crippen LogP contribution in [0.25, 0.3) is 11.4 Å². The molecule has 0 aliphatic heterocycles. The molecule has 5 nitrogen and oxygen atoms in total. The molecule has 2 atom stereocenters. The van der Waals surface area contributed by atoms with Crippen LogP contribution in [0.1, 0.15) is 25.7 Å². The maximum Gasteiger partial charge on any atom is 0.322 e. The van der Waals surface area contributed by atoms with Crippen LogP contribution >= 0.6 is 11.6 Å². The second-order valence-corrected chi connectivity index (χ2v) is 5.74. The Balaban J connectivity index is 1.68. The second-order valence-electron chi connectivity index (χ2n) is 5.30. The first-order chi connectivity index (χ1) is 10.2. The highest BCUT2D eigenvalue weighted by molar-refractivity contribution is 6.30. The number of nitrogens with zero attached hydrogens (tertiary/aromatic N) is 2. The maximum absolute atomic E-state index is 5.97. The summed E-state index contributed by atoms with van der Waals surface area (Å²) >= 11 is 5.97. The van der Waals surface area contributed by atoms with E-state index in [0.29, 0.717) is 29.0 Å². The Kier molecular flexibility index (Phi) is 4.41. The molecule has 1 N–H and O–H groups in total. The van der Waals surface area contributed by atoms with Crippen molar-refractivity contribution in [2.24, 2.45) is 0 Å². The summed E-state index contributed by atoms with van der Waals surface area (Å²) in [4.78, 5) is 4.38. The van der Waals surface area contributed by atoms with Crippen molar-refractivity contribution in [3.63, 3.8) is 0 Å². The van der Waals surface area contributed by atoms with Crippen LogP contribution in [0, 0.1) is 0 Å². The van der Waals surface area contributed by atoms with Gasteiger partial charge in [-0.25, -0.2) is 0 Å². The first-order valence-corrected chi connectivity index (χ1v) is 7.51. The van der Waals surface area contributed by atoms with Gasteiger partial charge in [0.15, 0.2) is 0 Å². The Hall–Kier alpha value is -1.59. The zero-order valence-corrected chi connectivity index (χ0v) is 12.6. The molecule has 1 aromatic heterocycles. The molecule has 0 spiro atoms. The Morgan fingerprint density at radius 2 is 2.29 bits per heavy atom. The van der Waals surface area contributed by atoms with Crippen LogP contribution in [0.5, 0.6) is 0 Å². The molecule has 21 heavy (non-hydrogen) atoms. The summed E-state index contributed by atoms with van der Waals surface area (Å²) in [6.45, 7) is 0.